The second kappa shape index (κ2) is 6.63. The Balaban J connectivity index is 1.70. The SMILES string of the molecule is O=C(NCc1ccnc(-c2cccnc2)c1)c1ccccc1. The Labute approximate surface area is 128 Å². The maximum absolute atomic E-state index is 12.0. The van der Waals surface area contributed by atoms with Crippen molar-refractivity contribution < 1.29 is 4.79 Å². The van der Waals surface area contributed by atoms with Crippen molar-refractivity contribution in [3.63, 3.8) is 0 Å². The first-order valence-corrected chi connectivity index (χ1v) is 7.01. The molecule has 0 aliphatic carbocycles. The maximum atomic E-state index is 12.0. The van der Waals surface area contributed by atoms with Gasteiger partial charge in [-0.15, -0.1) is 0 Å². The van der Waals surface area contributed by atoms with E-state index in [1.54, 1.807) is 30.7 Å². The fourth-order valence-corrected chi connectivity index (χ4v) is 2.13. The number of pyridine rings is 2. The minimum absolute atomic E-state index is 0.0830. The number of amides is 1. The van der Waals surface area contributed by atoms with Crippen LogP contribution in [0.5, 0.6) is 0 Å². The topological polar surface area (TPSA) is 54.9 Å². The van der Waals surface area contributed by atoms with Gasteiger partial charge in [0.25, 0.3) is 5.91 Å². The van der Waals surface area contributed by atoms with Gasteiger partial charge in [0, 0.05) is 36.3 Å². The summed E-state index contributed by atoms with van der Waals surface area (Å²) >= 11 is 0. The van der Waals surface area contributed by atoms with Crippen LogP contribution in [0.25, 0.3) is 11.3 Å². The number of carbonyl (C=O) groups is 1. The third kappa shape index (κ3) is 3.35. The van der Waals surface area contributed by atoms with E-state index in [1.165, 1.54) is 0 Å². The van der Waals surface area contributed by atoms with Crippen molar-refractivity contribution in [2.24, 2.45) is 0 Å². The second-order valence-electron chi connectivity index (χ2n) is 4.84. The van der Waals surface area contributed by atoms with E-state index in [9.17, 15) is 4.79 Å². The fraction of sp³-hybridized carbons (Fsp3) is 0.0556. The van der Waals surface area contributed by atoms with Gasteiger partial charge in [-0.3, -0.25) is 14.8 Å². The molecule has 3 rings (SSSR count). The summed E-state index contributed by atoms with van der Waals surface area (Å²) in [5, 5.41) is 2.91. The summed E-state index contributed by atoms with van der Waals surface area (Å²) in [4.78, 5) is 20.5. The molecular weight excluding hydrogens is 274 g/mol. The summed E-state index contributed by atoms with van der Waals surface area (Å²) in [5.74, 6) is -0.0830. The molecule has 2 aromatic heterocycles. The monoisotopic (exact) mass is 289 g/mol. The maximum Gasteiger partial charge on any atom is 0.251 e. The van der Waals surface area contributed by atoms with E-state index < -0.39 is 0 Å². The van der Waals surface area contributed by atoms with Crippen molar-refractivity contribution in [1.29, 1.82) is 0 Å². The minimum atomic E-state index is -0.0830. The van der Waals surface area contributed by atoms with Gasteiger partial charge in [-0.1, -0.05) is 18.2 Å². The van der Waals surface area contributed by atoms with Gasteiger partial charge in [0.05, 0.1) is 5.69 Å². The number of nitrogens with one attached hydrogen (secondary N) is 1. The van der Waals surface area contributed by atoms with Gasteiger partial charge in [-0.05, 0) is 42.0 Å². The van der Waals surface area contributed by atoms with Crippen LogP contribution in [0.15, 0.2) is 73.2 Å². The molecule has 0 aliphatic heterocycles. The van der Waals surface area contributed by atoms with Crippen LogP contribution in [0.3, 0.4) is 0 Å². The highest BCUT2D eigenvalue weighted by Gasteiger charge is 2.05. The van der Waals surface area contributed by atoms with Crippen LogP contribution < -0.4 is 5.32 Å². The van der Waals surface area contributed by atoms with Crippen molar-refractivity contribution in [3.05, 3.63) is 84.3 Å². The Bertz CT molecular complexity index is 758. The van der Waals surface area contributed by atoms with Gasteiger partial charge < -0.3 is 5.32 Å². The van der Waals surface area contributed by atoms with Gasteiger partial charge in [-0.25, -0.2) is 0 Å². The lowest BCUT2D eigenvalue weighted by molar-refractivity contribution is 0.0951. The predicted octanol–water partition coefficient (Wildman–Crippen LogP) is 3.07. The van der Waals surface area contributed by atoms with E-state index >= 15 is 0 Å². The van der Waals surface area contributed by atoms with Crippen LogP contribution >= 0.6 is 0 Å². The molecule has 4 heteroatoms. The molecule has 3 aromatic rings. The molecule has 0 bridgehead atoms. The van der Waals surface area contributed by atoms with Crippen LogP contribution in [0.4, 0.5) is 0 Å². The molecule has 1 aromatic carbocycles. The van der Waals surface area contributed by atoms with Crippen molar-refractivity contribution in [3.8, 4) is 11.3 Å². The van der Waals surface area contributed by atoms with Gasteiger partial charge in [-0.2, -0.15) is 0 Å². The molecule has 0 aliphatic rings. The molecule has 108 valence electrons. The number of carbonyl (C=O) groups excluding carboxylic acids is 1. The number of benzene rings is 1. The zero-order valence-electron chi connectivity index (χ0n) is 11.9. The summed E-state index contributed by atoms with van der Waals surface area (Å²) in [7, 11) is 0. The molecule has 0 saturated heterocycles. The predicted molar refractivity (Wildman–Crippen MR) is 85.1 cm³/mol. The largest absolute Gasteiger partial charge is 0.348 e. The highest BCUT2D eigenvalue weighted by molar-refractivity contribution is 5.94. The first kappa shape index (κ1) is 13.9. The summed E-state index contributed by atoms with van der Waals surface area (Å²) < 4.78 is 0. The van der Waals surface area contributed by atoms with Crippen LogP contribution in [0, 0.1) is 0 Å². The fourth-order valence-electron chi connectivity index (χ4n) is 2.13. The van der Waals surface area contributed by atoms with E-state index in [0.717, 1.165) is 16.8 Å². The average Bonchev–Trinajstić information content (AvgIpc) is 2.61. The zero-order valence-corrected chi connectivity index (χ0v) is 11.9. The standard InChI is InChI=1S/C18H15N3O/c22-18(15-5-2-1-3-6-15)21-12-14-8-10-20-17(11-14)16-7-4-9-19-13-16/h1-11,13H,12H2,(H,21,22). The van der Waals surface area contributed by atoms with Crippen molar-refractivity contribution in [1.82, 2.24) is 15.3 Å². The molecule has 0 atom stereocenters. The zero-order chi connectivity index (χ0) is 15.2. The number of nitrogens with zero attached hydrogens (tertiary/aromatic N) is 2. The van der Waals surface area contributed by atoms with Crippen molar-refractivity contribution >= 4 is 5.91 Å². The lowest BCUT2D eigenvalue weighted by atomic mass is 10.1. The lowest BCUT2D eigenvalue weighted by Crippen LogP contribution is -2.22. The highest BCUT2D eigenvalue weighted by atomic mass is 16.1. The first-order valence-electron chi connectivity index (χ1n) is 7.01. The van der Waals surface area contributed by atoms with Crippen molar-refractivity contribution in [2.45, 2.75) is 6.54 Å². The third-order valence-corrected chi connectivity index (χ3v) is 3.27. The van der Waals surface area contributed by atoms with E-state index in [1.807, 2.05) is 42.5 Å². The molecule has 22 heavy (non-hydrogen) atoms. The molecule has 4 nitrogen and oxygen atoms in total. The molecule has 1 N–H and O–H groups in total. The Hall–Kier alpha value is -3.01. The average molecular weight is 289 g/mol. The Morgan fingerprint density at radius 3 is 2.64 bits per heavy atom. The number of hydrogen-bond acceptors (Lipinski definition) is 3. The molecule has 0 radical (unpaired) electrons. The van der Waals surface area contributed by atoms with Gasteiger partial charge in [0.15, 0.2) is 0 Å². The number of hydrogen-bond donors (Lipinski definition) is 1. The number of rotatable bonds is 4. The van der Waals surface area contributed by atoms with E-state index in [0.29, 0.717) is 12.1 Å². The van der Waals surface area contributed by atoms with Crippen LogP contribution in [-0.2, 0) is 6.54 Å². The van der Waals surface area contributed by atoms with Crippen LogP contribution in [0.2, 0.25) is 0 Å². The van der Waals surface area contributed by atoms with E-state index in [4.69, 9.17) is 0 Å². The molecule has 0 spiro atoms. The van der Waals surface area contributed by atoms with Crippen molar-refractivity contribution in [2.75, 3.05) is 0 Å². The van der Waals surface area contributed by atoms with Gasteiger partial charge in [0.2, 0.25) is 0 Å². The molecule has 2 heterocycles. The normalized spacial score (nSPS) is 10.2. The molecule has 1 amide bonds. The van der Waals surface area contributed by atoms with Gasteiger partial charge >= 0.3 is 0 Å². The Morgan fingerprint density at radius 1 is 1.00 bits per heavy atom. The first-order chi connectivity index (χ1) is 10.8. The quantitative estimate of drug-likeness (QED) is 0.803. The summed E-state index contributed by atoms with van der Waals surface area (Å²) in [6, 6.07) is 16.9. The van der Waals surface area contributed by atoms with Gasteiger partial charge in [0.1, 0.15) is 0 Å². The van der Waals surface area contributed by atoms with Crippen LogP contribution in [0.1, 0.15) is 15.9 Å². The van der Waals surface area contributed by atoms with E-state index in [-0.39, 0.29) is 5.91 Å². The highest BCUT2D eigenvalue weighted by Crippen LogP contribution is 2.16. The second-order valence-corrected chi connectivity index (χ2v) is 4.84. The molecule has 0 saturated carbocycles. The molecule has 0 unspecified atom stereocenters. The number of aromatic nitrogens is 2. The summed E-state index contributed by atoms with van der Waals surface area (Å²) in [6.07, 6.45) is 5.24. The molecular formula is C18H15N3O. The Kier molecular flexibility index (Phi) is 4.20. The molecule has 0 fully saturated rings. The Morgan fingerprint density at radius 2 is 1.86 bits per heavy atom. The third-order valence-electron chi connectivity index (χ3n) is 3.27. The van der Waals surface area contributed by atoms with Crippen LogP contribution in [-0.4, -0.2) is 15.9 Å². The lowest BCUT2D eigenvalue weighted by Gasteiger charge is -2.07. The summed E-state index contributed by atoms with van der Waals surface area (Å²) in [5.41, 5.74) is 3.46. The minimum Gasteiger partial charge on any atom is -0.348 e. The summed E-state index contributed by atoms with van der Waals surface area (Å²) in [6.45, 7) is 0.462. The van der Waals surface area contributed by atoms with E-state index in [2.05, 4.69) is 15.3 Å². The smallest absolute Gasteiger partial charge is 0.251 e.